The molecule has 0 fully saturated rings. The lowest BCUT2D eigenvalue weighted by atomic mass is 9.99. The fourth-order valence-corrected chi connectivity index (χ4v) is 2.71. The lowest BCUT2D eigenvalue weighted by molar-refractivity contribution is 0.0930. The number of methoxy groups -OCH3 is 1. The van der Waals surface area contributed by atoms with Crippen LogP contribution in [0.15, 0.2) is 61.1 Å². The van der Waals surface area contributed by atoms with Gasteiger partial charge in [-0.1, -0.05) is 12.1 Å². The number of hydrogen-bond acceptors (Lipinski definition) is 5. The minimum Gasteiger partial charge on any atom is -0.497 e. The zero-order valence-corrected chi connectivity index (χ0v) is 14.4. The maximum Gasteiger partial charge on any atom is 0.270 e. The van der Waals surface area contributed by atoms with Crippen molar-refractivity contribution in [2.45, 2.75) is 12.6 Å². The van der Waals surface area contributed by atoms with Gasteiger partial charge in [-0.15, -0.1) is 0 Å². The topological polar surface area (TPSA) is 89.3 Å². The first-order valence-electron chi connectivity index (χ1n) is 8.20. The smallest absolute Gasteiger partial charge is 0.270 e. The number of rotatable bonds is 7. The Bertz CT molecular complexity index is 847. The highest BCUT2D eigenvalue weighted by Crippen LogP contribution is 2.24. The van der Waals surface area contributed by atoms with Crippen molar-refractivity contribution in [2.75, 3.05) is 13.7 Å². The van der Waals surface area contributed by atoms with Crippen molar-refractivity contribution in [1.82, 2.24) is 20.1 Å². The number of nitrogens with one attached hydrogen (secondary N) is 1. The summed E-state index contributed by atoms with van der Waals surface area (Å²) in [6.07, 6.45) is 4.92. The zero-order valence-electron chi connectivity index (χ0n) is 14.4. The molecule has 0 radical (unpaired) electrons. The number of carbonyl (C=O) groups excluding carboxylic acids is 1. The number of aromatic nitrogens is 3. The number of aliphatic hydroxyl groups is 1. The molecule has 0 saturated heterocycles. The molecule has 134 valence electrons. The van der Waals surface area contributed by atoms with Crippen molar-refractivity contribution < 1.29 is 14.6 Å². The summed E-state index contributed by atoms with van der Waals surface area (Å²) >= 11 is 0. The normalized spacial score (nSPS) is 11.8. The molecule has 2 aromatic heterocycles. The number of aliphatic hydroxyl groups excluding tert-OH is 1. The van der Waals surface area contributed by atoms with Crippen molar-refractivity contribution >= 4 is 5.91 Å². The third-order valence-electron chi connectivity index (χ3n) is 4.02. The van der Waals surface area contributed by atoms with E-state index in [1.807, 2.05) is 36.4 Å². The van der Waals surface area contributed by atoms with E-state index in [0.717, 1.165) is 16.9 Å². The Kier molecular flexibility index (Phi) is 5.60. The fourth-order valence-electron chi connectivity index (χ4n) is 2.71. The van der Waals surface area contributed by atoms with Gasteiger partial charge in [0.15, 0.2) is 0 Å². The van der Waals surface area contributed by atoms with Gasteiger partial charge in [-0.05, 0) is 41.5 Å². The van der Waals surface area contributed by atoms with Gasteiger partial charge in [-0.25, -0.2) is 0 Å². The second kappa shape index (κ2) is 8.26. The maximum atomic E-state index is 12.8. The molecular formula is C19H20N4O3. The Labute approximate surface area is 151 Å². The van der Waals surface area contributed by atoms with E-state index in [9.17, 15) is 4.79 Å². The van der Waals surface area contributed by atoms with Crippen LogP contribution in [0.4, 0.5) is 0 Å². The van der Waals surface area contributed by atoms with Crippen molar-refractivity contribution in [3.05, 3.63) is 77.9 Å². The Balaban J connectivity index is 1.90. The molecule has 2 heterocycles. The molecule has 7 nitrogen and oxygen atoms in total. The van der Waals surface area contributed by atoms with Crippen molar-refractivity contribution in [2.24, 2.45) is 0 Å². The second-order valence-corrected chi connectivity index (χ2v) is 5.62. The number of hydrogen-bond donors (Lipinski definition) is 2. The Hall–Kier alpha value is -3.19. The van der Waals surface area contributed by atoms with Crippen LogP contribution in [-0.2, 0) is 6.54 Å². The van der Waals surface area contributed by atoms with Crippen LogP contribution in [0.25, 0.3) is 0 Å². The number of amides is 1. The van der Waals surface area contributed by atoms with E-state index in [0.29, 0.717) is 5.69 Å². The lowest BCUT2D eigenvalue weighted by Crippen LogP contribution is -2.31. The summed E-state index contributed by atoms with van der Waals surface area (Å²) in [5, 5.41) is 16.2. The molecule has 1 aromatic carbocycles. The predicted octanol–water partition coefficient (Wildman–Crippen LogP) is 1.80. The van der Waals surface area contributed by atoms with Crippen molar-refractivity contribution in [3.63, 3.8) is 0 Å². The van der Waals surface area contributed by atoms with Crippen LogP contribution in [0.5, 0.6) is 5.75 Å². The monoisotopic (exact) mass is 352 g/mol. The van der Waals surface area contributed by atoms with E-state index in [-0.39, 0.29) is 25.1 Å². The number of carbonyl (C=O) groups is 1. The largest absolute Gasteiger partial charge is 0.497 e. The average Bonchev–Trinajstić information content (AvgIpc) is 3.15. The molecule has 26 heavy (non-hydrogen) atoms. The molecule has 1 unspecified atom stereocenters. The molecule has 0 aliphatic carbocycles. The van der Waals surface area contributed by atoms with Crippen LogP contribution in [-0.4, -0.2) is 39.5 Å². The fraction of sp³-hybridized carbons (Fsp3) is 0.211. The van der Waals surface area contributed by atoms with Crippen LogP contribution < -0.4 is 10.1 Å². The van der Waals surface area contributed by atoms with Gasteiger partial charge < -0.3 is 15.2 Å². The van der Waals surface area contributed by atoms with E-state index < -0.39 is 0 Å². The van der Waals surface area contributed by atoms with E-state index in [1.54, 1.807) is 31.8 Å². The summed E-state index contributed by atoms with van der Waals surface area (Å²) < 4.78 is 6.68. The van der Waals surface area contributed by atoms with Gasteiger partial charge >= 0.3 is 0 Å². The molecule has 0 bridgehead atoms. The Morgan fingerprint density at radius 1 is 1.12 bits per heavy atom. The summed E-state index contributed by atoms with van der Waals surface area (Å²) in [5.74, 6) is 0.475. The predicted molar refractivity (Wildman–Crippen MR) is 95.9 cm³/mol. The highest BCUT2D eigenvalue weighted by molar-refractivity contribution is 5.93. The van der Waals surface area contributed by atoms with Gasteiger partial charge in [0.2, 0.25) is 0 Å². The maximum absolute atomic E-state index is 12.8. The van der Waals surface area contributed by atoms with E-state index in [4.69, 9.17) is 9.84 Å². The number of benzene rings is 1. The number of pyridine rings is 1. The summed E-state index contributed by atoms with van der Waals surface area (Å²) in [6, 6.07) is 12.5. The van der Waals surface area contributed by atoms with Gasteiger partial charge in [0.1, 0.15) is 11.4 Å². The summed E-state index contributed by atoms with van der Waals surface area (Å²) in [6.45, 7) is 0.173. The van der Waals surface area contributed by atoms with Crippen LogP contribution >= 0.6 is 0 Å². The van der Waals surface area contributed by atoms with Crippen LogP contribution in [0.2, 0.25) is 0 Å². The van der Waals surface area contributed by atoms with E-state index >= 15 is 0 Å². The highest BCUT2D eigenvalue weighted by Gasteiger charge is 2.20. The van der Waals surface area contributed by atoms with Gasteiger partial charge in [0.05, 0.1) is 26.3 Å². The standard InChI is InChI=1S/C19H20N4O3/c1-26-16-4-2-14(3-5-16)18(15-6-9-20-10-7-15)22-19(25)17-8-11-21-23(17)12-13-24/h2-11,18,24H,12-13H2,1H3,(H,22,25). The molecule has 0 spiro atoms. The highest BCUT2D eigenvalue weighted by atomic mass is 16.5. The van der Waals surface area contributed by atoms with Crippen LogP contribution in [0.1, 0.15) is 27.7 Å². The Morgan fingerprint density at radius 3 is 2.46 bits per heavy atom. The molecule has 0 saturated carbocycles. The van der Waals surface area contributed by atoms with Crippen molar-refractivity contribution in [3.8, 4) is 5.75 Å². The first-order valence-corrected chi connectivity index (χ1v) is 8.20. The SMILES string of the molecule is COc1ccc(C(NC(=O)c2ccnn2CCO)c2ccncc2)cc1. The molecule has 3 rings (SSSR count). The average molecular weight is 352 g/mol. The molecule has 1 atom stereocenters. The molecule has 0 aliphatic heterocycles. The van der Waals surface area contributed by atoms with E-state index in [2.05, 4.69) is 15.4 Å². The number of ether oxygens (including phenoxy) is 1. The van der Waals surface area contributed by atoms with Crippen LogP contribution in [0.3, 0.4) is 0 Å². The van der Waals surface area contributed by atoms with Crippen molar-refractivity contribution in [1.29, 1.82) is 0 Å². The minimum absolute atomic E-state index is 0.0891. The zero-order chi connectivity index (χ0) is 18.4. The first kappa shape index (κ1) is 17.6. The van der Waals surface area contributed by atoms with Gasteiger partial charge in [0, 0.05) is 18.6 Å². The number of nitrogens with zero attached hydrogens (tertiary/aromatic N) is 3. The molecular weight excluding hydrogens is 332 g/mol. The summed E-state index contributed by atoms with van der Waals surface area (Å²) in [4.78, 5) is 16.8. The Morgan fingerprint density at radius 2 is 1.81 bits per heavy atom. The summed E-state index contributed by atoms with van der Waals surface area (Å²) in [7, 11) is 1.61. The summed E-state index contributed by atoms with van der Waals surface area (Å²) in [5.41, 5.74) is 2.22. The minimum atomic E-state index is -0.353. The third-order valence-corrected chi connectivity index (χ3v) is 4.02. The molecule has 7 heteroatoms. The quantitative estimate of drug-likeness (QED) is 0.677. The van der Waals surface area contributed by atoms with Gasteiger partial charge in [-0.3, -0.25) is 14.5 Å². The molecule has 1 amide bonds. The molecule has 3 aromatic rings. The third kappa shape index (κ3) is 3.89. The van der Waals surface area contributed by atoms with Gasteiger partial charge in [-0.2, -0.15) is 5.10 Å². The van der Waals surface area contributed by atoms with E-state index in [1.165, 1.54) is 4.68 Å². The molecule has 2 N–H and O–H groups in total. The second-order valence-electron chi connectivity index (χ2n) is 5.62. The lowest BCUT2D eigenvalue weighted by Gasteiger charge is -2.20. The van der Waals surface area contributed by atoms with Gasteiger partial charge in [0.25, 0.3) is 5.91 Å². The first-order chi connectivity index (χ1) is 12.7. The molecule has 0 aliphatic rings. The van der Waals surface area contributed by atoms with Crippen LogP contribution in [0, 0.1) is 0 Å².